The quantitative estimate of drug-likeness (QED) is 0.932. The first kappa shape index (κ1) is 13.5. The summed E-state index contributed by atoms with van der Waals surface area (Å²) in [6.07, 6.45) is 1.07. The van der Waals surface area contributed by atoms with Gasteiger partial charge in [0.2, 0.25) is 0 Å². The molecule has 0 bridgehead atoms. The Balaban J connectivity index is 2.91. The maximum atomic E-state index is 11.6. The third-order valence-electron chi connectivity index (χ3n) is 2.23. The van der Waals surface area contributed by atoms with Crippen LogP contribution in [0.5, 0.6) is 0 Å². The van der Waals surface area contributed by atoms with E-state index in [2.05, 4.69) is 27.3 Å². The highest BCUT2D eigenvalue weighted by molar-refractivity contribution is 9.10. The Morgan fingerprint density at radius 1 is 1.53 bits per heavy atom. The van der Waals surface area contributed by atoms with E-state index in [9.17, 15) is 4.79 Å². The van der Waals surface area contributed by atoms with Crippen LogP contribution < -0.4 is 5.32 Å². The highest BCUT2D eigenvalue weighted by Crippen LogP contribution is 2.22. The molecule has 0 aromatic heterocycles. The number of aryl methyl sites for hydroxylation is 1. The van der Waals surface area contributed by atoms with Crippen molar-refractivity contribution in [2.45, 2.75) is 12.8 Å². The minimum Gasteiger partial charge on any atom is -0.331 e. The van der Waals surface area contributed by atoms with Gasteiger partial charge in [-0.25, -0.2) is 4.79 Å². The molecular formula is C12H14BrN3O. The molecular weight excluding hydrogens is 282 g/mol. The number of amides is 2. The number of anilines is 1. The zero-order chi connectivity index (χ0) is 12.8. The third kappa shape index (κ3) is 4.08. The molecule has 0 unspecified atom stereocenters. The van der Waals surface area contributed by atoms with E-state index >= 15 is 0 Å². The fraction of sp³-hybridized carbons (Fsp3) is 0.333. The van der Waals surface area contributed by atoms with Crippen LogP contribution in [0.3, 0.4) is 0 Å². The number of urea groups is 1. The molecule has 0 aliphatic rings. The largest absolute Gasteiger partial charge is 0.331 e. The van der Waals surface area contributed by atoms with Gasteiger partial charge in [0, 0.05) is 30.7 Å². The van der Waals surface area contributed by atoms with Crippen molar-refractivity contribution in [1.29, 1.82) is 5.26 Å². The van der Waals surface area contributed by atoms with Crippen LogP contribution >= 0.6 is 15.9 Å². The Morgan fingerprint density at radius 2 is 2.24 bits per heavy atom. The summed E-state index contributed by atoms with van der Waals surface area (Å²) in [4.78, 5) is 13.1. The van der Waals surface area contributed by atoms with Crippen molar-refractivity contribution in [1.82, 2.24) is 4.90 Å². The number of halogens is 1. The molecule has 0 aliphatic carbocycles. The molecule has 0 spiro atoms. The van der Waals surface area contributed by atoms with Crippen molar-refractivity contribution in [3.05, 3.63) is 28.2 Å². The summed E-state index contributed by atoms with van der Waals surface area (Å²) >= 11 is 3.36. The molecule has 1 rings (SSSR count). The Labute approximate surface area is 109 Å². The second kappa shape index (κ2) is 6.26. The van der Waals surface area contributed by atoms with Gasteiger partial charge in [-0.3, -0.25) is 0 Å². The fourth-order valence-corrected chi connectivity index (χ4v) is 1.66. The molecule has 0 saturated heterocycles. The molecule has 90 valence electrons. The van der Waals surface area contributed by atoms with Crippen LogP contribution in [0.25, 0.3) is 0 Å². The van der Waals surface area contributed by atoms with E-state index in [1.807, 2.05) is 18.2 Å². The summed E-state index contributed by atoms with van der Waals surface area (Å²) in [7, 11) is 3.37. The lowest BCUT2D eigenvalue weighted by molar-refractivity contribution is 0.230. The first-order valence-electron chi connectivity index (χ1n) is 5.18. The van der Waals surface area contributed by atoms with Crippen LogP contribution in [0.4, 0.5) is 10.5 Å². The van der Waals surface area contributed by atoms with Crippen LogP contribution in [0, 0.1) is 11.3 Å². The lowest BCUT2D eigenvalue weighted by Crippen LogP contribution is -2.27. The summed E-state index contributed by atoms with van der Waals surface area (Å²) in [6.45, 7) is 0. The molecule has 1 N–H and O–H groups in total. The summed E-state index contributed by atoms with van der Waals surface area (Å²) in [6, 6.07) is 7.57. The third-order valence-corrected chi connectivity index (χ3v) is 2.72. The second-order valence-corrected chi connectivity index (χ2v) is 4.70. The van der Waals surface area contributed by atoms with Crippen LogP contribution in [0.1, 0.15) is 12.0 Å². The maximum Gasteiger partial charge on any atom is 0.321 e. The van der Waals surface area contributed by atoms with Gasteiger partial charge in [-0.15, -0.1) is 0 Å². The van der Waals surface area contributed by atoms with Gasteiger partial charge in [0.25, 0.3) is 0 Å². The van der Waals surface area contributed by atoms with Crippen LogP contribution in [-0.4, -0.2) is 25.0 Å². The van der Waals surface area contributed by atoms with Gasteiger partial charge in [-0.2, -0.15) is 5.26 Å². The summed E-state index contributed by atoms with van der Waals surface area (Å²) in [5, 5.41) is 11.4. The van der Waals surface area contributed by atoms with Gasteiger partial charge in [-0.05, 0) is 24.1 Å². The van der Waals surface area contributed by atoms with Crippen molar-refractivity contribution in [3.63, 3.8) is 0 Å². The zero-order valence-corrected chi connectivity index (χ0v) is 11.4. The Bertz CT molecular complexity index is 452. The van der Waals surface area contributed by atoms with Crippen molar-refractivity contribution < 1.29 is 4.79 Å². The highest BCUT2D eigenvalue weighted by atomic mass is 79.9. The molecule has 0 aliphatic heterocycles. The Kier molecular flexibility index (Phi) is 4.98. The summed E-state index contributed by atoms with van der Waals surface area (Å²) in [5.41, 5.74) is 1.71. The minimum atomic E-state index is -0.179. The zero-order valence-electron chi connectivity index (χ0n) is 9.83. The Hall–Kier alpha value is -1.54. The molecule has 0 radical (unpaired) electrons. The number of nitrogens with one attached hydrogen (secondary N) is 1. The first-order valence-corrected chi connectivity index (χ1v) is 5.97. The van der Waals surface area contributed by atoms with Crippen LogP contribution in [0.2, 0.25) is 0 Å². The topological polar surface area (TPSA) is 56.1 Å². The summed E-state index contributed by atoms with van der Waals surface area (Å²) < 4.78 is 0.896. The van der Waals surface area contributed by atoms with Gasteiger partial charge in [0.15, 0.2) is 0 Å². The van der Waals surface area contributed by atoms with Gasteiger partial charge in [0.1, 0.15) is 0 Å². The monoisotopic (exact) mass is 295 g/mol. The molecule has 4 nitrogen and oxygen atoms in total. The van der Waals surface area contributed by atoms with E-state index in [0.29, 0.717) is 12.8 Å². The predicted molar refractivity (Wildman–Crippen MR) is 70.8 cm³/mol. The van der Waals surface area contributed by atoms with Crippen LogP contribution in [-0.2, 0) is 6.42 Å². The second-order valence-electron chi connectivity index (χ2n) is 3.78. The molecule has 1 aromatic carbocycles. The predicted octanol–water partition coefficient (Wildman–Crippen LogP) is 3.00. The number of nitrogens with zero attached hydrogens (tertiary/aromatic N) is 2. The van der Waals surface area contributed by atoms with Gasteiger partial charge in [0.05, 0.1) is 6.07 Å². The van der Waals surface area contributed by atoms with Gasteiger partial charge < -0.3 is 10.2 Å². The number of carbonyl (C=O) groups excluding carboxylic acids is 1. The number of benzene rings is 1. The average Bonchev–Trinajstić information content (AvgIpc) is 2.28. The van der Waals surface area contributed by atoms with Crippen molar-refractivity contribution >= 4 is 27.6 Å². The van der Waals surface area contributed by atoms with E-state index in [0.717, 1.165) is 15.7 Å². The number of hydrogen-bond acceptors (Lipinski definition) is 2. The van der Waals surface area contributed by atoms with Gasteiger partial charge >= 0.3 is 6.03 Å². The molecule has 0 fully saturated rings. The fourth-order valence-electron chi connectivity index (χ4n) is 1.30. The number of nitriles is 1. The molecule has 0 atom stereocenters. The lowest BCUT2D eigenvalue weighted by Gasteiger charge is -2.15. The molecule has 17 heavy (non-hydrogen) atoms. The normalized spacial score (nSPS) is 9.53. The standard InChI is InChI=1S/C12H14BrN3O/c1-16(2)12(17)15-11-8-10(13)6-5-9(11)4-3-7-14/h5-6,8H,3-4H2,1-2H3,(H,15,17). The average molecular weight is 296 g/mol. The molecule has 2 amide bonds. The van der Waals surface area contributed by atoms with E-state index in [-0.39, 0.29) is 6.03 Å². The van der Waals surface area contributed by atoms with E-state index in [1.54, 1.807) is 14.1 Å². The maximum absolute atomic E-state index is 11.6. The molecule has 5 heteroatoms. The van der Waals surface area contributed by atoms with E-state index in [4.69, 9.17) is 5.26 Å². The summed E-state index contributed by atoms with van der Waals surface area (Å²) in [5.74, 6) is 0. The number of carbonyl (C=O) groups is 1. The minimum absolute atomic E-state index is 0.179. The molecule has 1 aromatic rings. The number of rotatable bonds is 3. The van der Waals surface area contributed by atoms with E-state index in [1.165, 1.54) is 4.90 Å². The first-order chi connectivity index (χ1) is 8.04. The SMILES string of the molecule is CN(C)C(=O)Nc1cc(Br)ccc1CCC#N. The van der Waals surface area contributed by atoms with E-state index < -0.39 is 0 Å². The number of hydrogen-bond donors (Lipinski definition) is 1. The Morgan fingerprint density at radius 3 is 2.82 bits per heavy atom. The van der Waals surface area contributed by atoms with Crippen molar-refractivity contribution in [2.75, 3.05) is 19.4 Å². The van der Waals surface area contributed by atoms with Crippen molar-refractivity contribution in [2.24, 2.45) is 0 Å². The molecule has 0 heterocycles. The highest BCUT2D eigenvalue weighted by Gasteiger charge is 2.08. The molecule has 0 saturated carbocycles. The van der Waals surface area contributed by atoms with Crippen LogP contribution in [0.15, 0.2) is 22.7 Å². The van der Waals surface area contributed by atoms with Crippen molar-refractivity contribution in [3.8, 4) is 6.07 Å². The smallest absolute Gasteiger partial charge is 0.321 e. The lowest BCUT2D eigenvalue weighted by atomic mass is 10.1. The van der Waals surface area contributed by atoms with Gasteiger partial charge in [-0.1, -0.05) is 22.0 Å².